The molecule has 8 nitrogen and oxygen atoms in total. The summed E-state index contributed by atoms with van der Waals surface area (Å²) in [6.45, 7) is 0. The maximum absolute atomic E-state index is 10.4. The van der Waals surface area contributed by atoms with Gasteiger partial charge in [-0.05, 0) is 5.53 Å². The Hall–Kier alpha value is -1.31. The molecule has 0 heterocycles. The van der Waals surface area contributed by atoms with Gasteiger partial charge >= 0.3 is 5.97 Å². The molecule has 9 heteroatoms. The summed E-state index contributed by atoms with van der Waals surface area (Å²) in [5, 5.41) is 2.43. The van der Waals surface area contributed by atoms with Gasteiger partial charge in [0.1, 0.15) is 5.28 Å². The van der Waals surface area contributed by atoms with E-state index < -0.39 is 28.3 Å². The molecule has 0 bridgehead atoms. The molecule has 0 aromatic carbocycles. The molecule has 0 saturated heterocycles. The lowest BCUT2D eigenvalue weighted by Crippen LogP contribution is -2.10. The van der Waals surface area contributed by atoms with Gasteiger partial charge in [0.25, 0.3) is 10.1 Å². The first-order valence-corrected chi connectivity index (χ1v) is 4.26. The fourth-order valence-corrected chi connectivity index (χ4v) is 0.746. The van der Waals surface area contributed by atoms with E-state index in [1.807, 2.05) is 0 Å². The van der Waals surface area contributed by atoms with Crippen molar-refractivity contribution in [3.8, 4) is 0 Å². The zero-order valence-corrected chi connectivity index (χ0v) is 6.56. The Morgan fingerprint density at radius 3 is 2.67 bits per heavy atom. The predicted molar refractivity (Wildman–Crippen MR) is 36.3 cm³/mol. The van der Waals surface area contributed by atoms with Crippen molar-refractivity contribution in [2.45, 2.75) is 6.42 Å². The van der Waals surface area contributed by atoms with Crippen molar-refractivity contribution in [1.82, 2.24) is 0 Å². The number of azide groups is 1. The van der Waals surface area contributed by atoms with E-state index in [-0.39, 0.29) is 0 Å². The predicted octanol–water partition coefficient (Wildman–Crippen LogP) is 0.0328. The number of hydrogen-bond acceptors (Lipinski definition) is 5. The summed E-state index contributed by atoms with van der Waals surface area (Å²) >= 11 is 0. The molecule has 0 aliphatic rings. The van der Waals surface area contributed by atoms with Gasteiger partial charge in [0.15, 0.2) is 0 Å². The second-order valence-electron chi connectivity index (χ2n) is 1.67. The molecule has 0 fully saturated rings. The van der Waals surface area contributed by atoms with Gasteiger partial charge in [-0.25, -0.2) is 0 Å². The van der Waals surface area contributed by atoms with Crippen LogP contribution >= 0.6 is 0 Å². The van der Waals surface area contributed by atoms with E-state index in [1.165, 1.54) is 0 Å². The van der Waals surface area contributed by atoms with Crippen molar-refractivity contribution in [1.29, 1.82) is 0 Å². The number of carbonyl (C=O) groups is 1. The lowest BCUT2D eigenvalue weighted by atomic mass is 10.5. The van der Waals surface area contributed by atoms with Crippen LogP contribution in [0.1, 0.15) is 6.42 Å². The highest BCUT2D eigenvalue weighted by molar-refractivity contribution is 7.85. The molecule has 0 amide bonds. The molecule has 0 spiro atoms. The van der Waals surface area contributed by atoms with Crippen molar-refractivity contribution in [2.24, 2.45) is 5.28 Å². The van der Waals surface area contributed by atoms with Crippen LogP contribution < -0.4 is 0 Å². The Labute approximate surface area is 67.5 Å². The molecule has 12 heavy (non-hydrogen) atoms. The van der Waals surface area contributed by atoms with Crippen LogP contribution in [0.5, 0.6) is 0 Å². The average Bonchev–Trinajstić information content (AvgIpc) is 1.95. The van der Waals surface area contributed by atoms with Crippen LogP contribution in [0.2, 0.25) is 0 Å². The summed E-state index contributed by atoms with van der Waals surface area (Å²) in [5.41, 5.74) is 7.66. The molecular formula is C3H5N3O5S. The molecule has 0 unspecified atom stereocenters. The van der Waals surface area contributed by atoms with Crippen molar-refractivity contribution in [2.75, 3.05) is 5.75 Å². The average molecular weight is 195 g/mol. The van der Waals surface area contributed by atoms with Crippen molar-refractivity contribution < 1.29 is 22.6 Å². The van der Waals surface area contributed by atoms with E-state index in [1.54, 1.807) is 0 Å². The molecule has 68 valence electrons. The van der Waals surface area contributed by atoms with Crippen LogP contribution in [0.3, 0.4) is 0 Å². The van der Waals surface area contributed by atoms with E-state index in [9.17, 15) is 13.2 Å². The normalized spacial score (nSPS) is 10.1. The molecule has 0 saturated carbocycles. The Balaban J connectivity index is 3.80. The Bertz CT molecular complexity index is 302. The topological polar surface area (TPSA) is 129 Å². The Morgan fingerprint density at radius 1 is 1.67 bits per heavy atom. The summed E-state index contributed by atoms with van der Waals surface area (Å²) in [6, 6.07) is 0. The quantitative estimate of drug-likeness (QED) is 0.222. The van der Waals surface area contributed by atoms with E-state index >= 15 is 0 Å². The van der Waals surface area contributed by atoms with E-state index in [0.717, 1.165) is 0 Å². The second kappa shape index (κ2) is 4.54. The summed E-state index contributed by atoms with van der Waals surface area (Å²) in [7, 11) is -4.18. The highest BCUT2D eigenvalue weighted by atomic mass is 32.2. The SMILES string of the molecule is [N-]=[N+]=NOC(=O)CCS(=O)(=O)O. The minimum atomic E-state index is -4.18. The van der Waals surface area contributed by atoms with Crippen LogP contribution in [0.25, 0.3) is 10.4 Å². The van der Waals surface area contributed by atoms with E-state index in [2.05, 4.69) is 15.0 Å². The van der Waals surface area contributed by atoms with Crippen LogP contribution in [-0.2, 0) is 19.8 Å². The fraction of sp³-hybridized carbons (Fsp3) is 0.667. The molecule has 0 aromatic rings. The zero-order valence-electron chi connectivity index (χ0n) is 5.74. The first kappa shape index (κ1) is 10.7. The zero-order chi connectivity index (χ0) is 9.61. The van der Waals surface area contributed by atoms with Gasteiger partial charge in [-0.1, -0.05) is 0 Å². The van der Waals surface area contributed by atoms with Crippen LogP contribution in [0.15, 0.2) is 5.28 Å². The number of carbonyl (C=O) groups excluding carboxylic acids is 1. The molecule has 0 rings (SSSR count). The van der Waals surface area contributed by atoms with Crippen molar-refractivity contribution in [3.63, 3.8) is 0 Å². The van der Waals surface area contributed by atoms with Gasteiger partial charge < -0.3 is 4.84 Å². The largest absolute Gasteiger partial charge is 0.359 e. The second-order valence-corrected chi connectivity index (χ2v) is 3.24. The summed E-state index contributed by atoms with van der Waals surface area (Å²) in [6.07, 6.45) is -0.558. The smallest absolute Gasteiger partial charge is 0.318 e. The van der Waals surface area contributed by atoms with Crippen LogP contribution in [-0.4, -0.2) is 24.7 Å². The number of hydrogen-bond donors (Lipinski definition) is 1. The molecule has 0 radical (unpaired) electrons. The third-order valence-corrected chi connectivity index (χ3v) is 1.46. The van der Waals surface area contributed by atoms with Crippen molar-refractivity contribution in [3.05, 3.63) is 10.4 Å². The maximum Gasteiger partial charge on any atom is 0.318 e. The first-order chi connectivity index (χ1) is 5.45. The minimum Gasteiger partial charge on any atom is -0.359 e. The molecule has 1 N–H and O–H groups in total. The lowest BCUT2D eigenvalue weighted by molar-refractivity contribution is -0.143. The van der Waals surface area contributed by atoms with E-state index in [0.29, 0.717) is 0 Å². The Morgan fingerprint density at radius 2 is 2.25 bits per heavy atom. The first-order valence-electron chi connectivity index (χ1n) is 2.65. The van der Waals surface area contributed by atoms with Crippen molar-refractivity contribution >= 4 is 16.1 Å². The monoisotopic (exact) mass is 195 g/mol. The third kappa shape index (κ3) is 6.81. The summed E-state index contributed by atoms with van der Waals surface area (Å²) in [5.74, 6) is -1.78. The lowest BCUT2D eigenvalue weighted by Gasteiger charge is -1.93. The van der Waals surface area contributed by atoms with Crippen LogP contribution in [0.4, 0.5) is 0 Å². The number of nitrogens with zero attached hydrogens (tertiary/aromatic N) is 3. The highest BCUT2D eigenvalue weighted by Gasteiger charge is 2.09. The van der Waals surface area contributed by atoms with Gasteiger partial charge in [0, 0.05) is 4.91 Å². The minimum absolute atomic E-state index is 0.558. The Kier molecular flexibility index (Phi) is 4.05. The molecular weight excluding hydrogens is 190 g/mol. The maximum atomic E-state index is 10.4. The highest BCUT2D eigenvalue weighted by Crippen LogP contribution is 1.92. The van der Waals surface area contributed by atoms with Gasteiger partial charge in [0.05, 0.1) is 12.2 Å². The van der Waals surface area contributed by atoms with Gasteiger partial charge in [-0.15, -0.1) is 0 Å². The molecule has 0 aliphatic heterocycles. The van der Waals surface area contributed by atoms with Crippen LogP contribution in [0, 0.1) is 0 Å². The van der Waals surface area contributed by atoms with Gasteiger partial charge in [-0.3, -0.25) is 9.35 Å². The summed E-state index contributed by atoms with van der Waals surface area (Å²) in [4.78, 5) is 16.3. The summed E-state index contributed by atoms with van der Waals surface area (Å²) < 4.78 is 28.3. The standard InChI is InChI=1S/C3H5N3O5S/c4-5-6-11-3(7)1-2-12(8,9)10/h1-2H2,(H,8,9,10). The van der Waals surface area contributed by atoms with E-state index in [4.69, 9.17) is 10.1 Å². The fourth-order valence-electron chi connectivity index (χ4n) is 0.322. The molecule has 0 aliphatic carbocycles. The third-order valence-electron chi connectivity index (χ3n) is 0.743. The molecule has 0 atom stereocenters. The number of rotatable bonds is 4. The molecule has 0 aromatic heterocycles. The van der Waals surface area contributed by atoms with Gasteiger partial charge in [-0.2, -0.15) is 8.42 Å². The van der Waals surface area contributed by atoms with Gasteiger partial charge in [0.2, 0.25) is 0 Å².